The highest BCUT2D eigenvalue weighted by Gasteiger charge is 2.09. The van der Waals surface area contributed by atoms with Gasteiger partial charge in [0, 0.05) is 11.1 Å². The zero-order valence-electron chi connectivity index (χ0n) is 9.52. The monoisotopic (exact) mass is 231 g/mol. The normalized spacial score (nSPS) is 10.2. The lowest BCUT2D eigenvalue weighted by Gasteiger charge is -2.00. The SMILES string of the molecule is COc1ccc(-c2cc(C(=O)[O-])c(C)o2)cc1. The molecule has 1 aromatic carbocycles. The minimum atomic E-state index is -1.23. The van der Waals surface area contributed by atoms with E-state index in [4.69, 9.17) is 9.15 Å². The Kier molecular flexibility index (Phi) is 2.87. The molecule has 4 nitrogen and oxygen atoms in total. The van der Waals surface area contributed by atoms with Crippen molar-refractivity contribution in [3.8, 4) is 17.1 Å². The van der Waals surface area contributed by atoms with Gasteiger partial charge in [-0.2, -0.15) is 0 Å². The Morgan fingerprint density at radius 2 is 1.94 bits per heavy atom. The minimum Gasteiger partial charge on any atom is -0.545 e. The number of carbonyl (C=O) groups excluding carboxylic acids is 1. The van der Waals surface area contributed by atoms with E-state index in [1.165, 1.54) is 6.07 Å². The molecule has 0 aliphatic rings. The number of methoxy groups -OCH3 is 1. The van der Waals surface area contributed by atoms with E-state index in [1.807, 2.05) is 0 Å². The van der Waals surface area contributed by atoms with Gasteiger partial charge in [0.15, 0.2) is 0 Å². The van der Waals surface area contributed by atoms with Crippen molar-refractivity contribution in [3.05, 3.63) is 41.7 Å². The highest BCUT2D eigenvalue weighted by Crippen LogP contribution is 2.26. The fourth-order valence-electron chi connectivity index (χ4n) is 1.58. The molecule has 0 saturated heterocycles. The van der Waals surface area contributed by atoms with Crippen molar-refractivity contribution < 1.29 is 19.1 Å². The van der Waals surface area contributed by atoms with Crippen LogP contribution in [0.1, 0.15) is 16.1 Å². The average molecular weight is 231 g/mol. The lowest BCUT2D eigenvalue weighted by Crippen LogP contribution is -2.22. The molecule has 1 heterocycles. The zero-order chi connectivity index (χ0) is 12.4. The molecule has 0 amide bonds. The van der Waals surface area contributed by atoms with E-state index in [0.717, 1.165) is 11.3 Å². The summed E-state index contributed by atoms with van der Waals surface area (Å²) < 4.78 is 10.4. The topological polar surface area (TPSA) is 62.5 Å². The second-order valence-corrected chi connectivity index (χ2v) is 3.60. The van der Waals surface area contributed by atoms with Crippen LogP contribution in [0.2, 0.25) is 0 Å². The maximum Gasteiger partial charge on any atom is 0.134 e. The average Bonchev–Trinajstić information content (AvgIpc) is 2.71. The number of benzene rings is 1. The summed E-state index contributed by atoms with van der Waals surface area (Å²) in [5.74, 6) is 0.350. The number of carbonyl (C=O) groups is 1. The lowest BCUT2D eigenvalue weighted by atomic mass is 10.1. The smallest absolute Gasteiger partial charge is 0.134 e. The van der Waals surface area contributed by atoms with Gasteiger partial charge in [-0.1, -0.05) is 0 Å². The second kappa shape index (κ2) is 4.33. The Labute approximate surface area is 98.4 Å². The highest BCUT2D eigenvalue weighted by atomic mass is 16.5. The van der Waals surface area contributed by atoms with Crippen LogP contribution in [0.5, 0.6) is 5.75 Å². The number of aryl methyl sites for hydroxylation is 1. The van der Waals surface area contributed by atoms with E-state index in [0.29, 0.717) is 11.5 Å². The number of ether oxygens (including phenoxy) is 1. The lowest BCUT2D eigenvalue weighted by molar-refractivity contribution is -0.255. The van der Waals surface area contributed by atoms with Crippen LogP contribution in [0.3, 0.4) is 0 Å². The molecule has 0 fully saturated rings. The maximum absolute atomic E-state index is 10.8. The Morgan fingerprint density at radius 1 is 1.29 bits per heavy atom. The van der Waals surface area contributed by atoms with Crippen LogP contribution in [-0.2, 0) is 0 Å². The first-order valence-electron chi connectivity index (χ1n) is 5.08. The highest BCUT2D eigenvalue weighted by molar-refractivity contribution is 5.88. The summed E-state index contributed by atoms with van der Waals surface area (Å²) in [5, 5.41) is 10.8. The Morgan fingerprint density at radius 3 is 2.41 bits per heavy atom. The molecule has 88 valence electrons. The molecule has 0 unspecified atom stereocenters. The van der Waals surface area contributed by atoms with Crippen LogP contribution in [0, 0.1) is 6.92 Å². The summed E-state index contributed by atoms with van der Waals surface area (Å²) in [6.07, 6.45) is 0. The Hall–Kier alpha value is -2.23. The van der Waals surface area contributed by atoms with Crippen LogP contribution in [0.4, 0.5) is 0 Å². The van der Waals surface area contributed by atoms with Crippen LogP contribution >= 0.6 is 0 Å². The molecule has 4 heteroatoms. The number of hydrogen-bond acceptors (Lipinski definition) is 4. The van der Waals surface area contributed by atoms with Crippen LogP contribution in [0.25, 0.3) is 11.3 Å². The van der Waals surface area contributed by atoms with Gasteiger partial charge in [0.05, 0.1) is 13.1 Å². The first kappa shape index (κ1) is 11.3. The largest absolute Gasteiger partial charge is 0.545 e. The molecular weight excluding hydrogens is 220 g/mol. The fraction of sp³-hybridized carbons (Fsp3) is 0.154. The van der Waals surface area contributed by atoms with Gasteiger partial charge in [-0.3, -0.25) is 0 Å². The second-order valence-electron chi connectivity index (χ2n) is 3.60. The van der Waals surface area contributed by atoms with Gasteiger partial charge < -0.3 is 19.1 Å². The van der Waals surface area contributed by atoms with Gasteiger partial charge in [-0.05, 0) is 37.3 Å². The van der Waals surface area contributed by atoms with Crippen LogP contribution in [0.15, 0.2) is 34.7 Å². The van der Waals surface area contributed by atoms with Crippen molar-refractivity contribution in [2.24, 2.45) is 0 Å². The first-order valence-corrected chi connectivity index (χ1v) is 5.08. The van der Waals surface area contributed by atoms with Crippen molar-refractivity contribution in [2.75, 3.05) is 7.11 Å². The van der Waals surface area contributed by atoms with Crippen molar-refractivity contribution in [1.82, 2.24) is 0 Å². The van der Waals surface area contributed by atoms with Gasteiger partial charge in [0.1, 0.15) is 17.3 Å². The summed E-state index contributed by atoms with van der Waals surface area (Å²) >= 11 is 0. The molecule has 1 aromatic heterocycles. The third-order valence-electron chi connectivity index (χ3n) is 2.51. The van der Waals surface area contributed by atoms with Crippen molar-refractivity contribution in [2.45, 2.75) is 6.92 Å². The standard InChI is InChI=1S/C13H12O4/c1-8-11(13(14)15)7-12(17-8)9-3-5-10(16-2)6-4-9/h3-7H,1-2H3,(H,14,15)/p-1. The van der Waals surface area contributed by atoms with Crippen LogP contribution in [-0.4, -0.2) is 13.1 Å². The van der Waals surface area contributed by atoms with Crippen molar-refractivity contribution >= 4 is 5.97 Å². The summed E-state index contributed by atoms with van der Waals surface area (Å²) in [5.41, 5.74) is 0.872. The number of aromatic carboxylic acids is 1. The molecule has 0 saturated carbocycles. The molecular formula is C13H11O4-. The molecule has 0 N–H and O–H groups in total. The molecule has 0 aliphatic carbocycles. The summed E-state index contributed by atoms with van der Waals surface area (Å²) in [4.78, 5) is 10.8. The van der Waals surface area contributed by atoms with E-state index >= 15 is 0 Å². The number of carboxylic acids is 1. The molecule has 0 radical (unpaired) electrons. The van der Waals surface area contributed by atoms with E-state index < -0.39 is 5.97 Å². The number of carboxylic acid groups (broad SMARTS) is 1. The van der Waals surface area contributed by atoms with Crippen LogP contribution < -0.4 is 9.84 Å². The summed E-state index contributed by atoms with van der Waals surface area (Å²) in [6, 6.07) is 8.64. The molecule has 2 rings (SSSR count). The maximum atomic E-state index is 10.8. The Balaban J connectivity index is 2.39. The predicted octanol–water partition coefficient (Wildman–Crippen LogP) is 1.63. The zero-order valence-corrected chi connectivity index (χ0v) is 9.52. The van der Waals surface area contributed by atoms with Crippen molar-refractivity contribution in [1.29, 1.82) is 0 Å². The number of hydrogen-bond donors (Lipinski definition) is 0. The minimum absolute atomic E-state index is 0.0795. The fourth-order valence-corrected chi connectivity index (χ4v) is 1.58. The third kappa shape index (κ3) is 2.15. The van der Waals surface area contributed by atoms with E-state index in [9.17, 15) is 9.90 Å². The third-order valence-corrected chi connectivity index (χ3v) is 2.51. The van der Waals surface area contributed by atoms with E-state index in [-0.39, 0.29) is 5.56 Å². The molecule has 0 spiro atoms. The van der Waals surface area contributed by atoms with Gasteiger partial charge in [-0.25, -0.2) is 0 Å². The van der Waals surface area contributed by atoms with Gasteiger partial charge in [-0.15, -0.1) is 0 Å². The van der Waals surface area contributed by atoms with E-state index in [1.54, 1.807) is 38.3 Å². The Bertz CT molecular complexity index is 537. The van der Waals surface area contributed by atoms with Gasteiger partial charge >= 0.3 is 0 Å². The predicted molar refractivity (Wildman–Crippen MR) is 59.8 cm³/mol. The number of furan rings is 1. The molecule has 0 aliphatic heterocycles. The first-order chi connectivity index (χ1) is 8.11. The molecule has 0 bridgehead atoms. The van der Waals surface area contributed by atoms with Gasteiger partial charge in [0.25, 0.3) is 0 Å². The van der Waals surface area contributed by atoms with E-state index in [2.05, 4.69) is 0 Å². The molecule has 17 heavy (non-hydrogen) atoms. The van der Waals surface area contributed by atoms with Gasteiger partial charge in [0.2, 0.25) is 0 Å². The summed E-state index contributed by atoms with van der Waals surface area (Å²) in [6.45, 7) is 1.60. The molecule has 2 aromatic rings. The number of rotatable bonds is 3. The quantitative estimate of drug-likeness (QED) is 0.805. The summed E-state index contributed by atoms with van der Waals surface area (Å²) in [7, 11) is 1.58. The van der Waals surface area contributed by atoms with Crippen molar-refractivity contribution in [3.63, 3.8) is 0 Å². The molecule has 0 atom stereocenters.